The fourth-order valence-electron chi connectivity index (χ4n) is 3.16. The topological polar surface area (TPSA) is 77.7 Å². The molecular weight excluding hydrogens is 314 g/mol. The standard InChI is InChI=1S/C16H23N3O3S/c1-16(2)8-10-11(9-22-16)14(19-4-6-21-7-5-19)18-15(23-3)12(10)13(17)20/h4-9H2,1-3H3,(H2,17,20). The minimum Gasteiger partial charge on any atom is -0.378 e. The average molecular weight is 337 g/mol. The van der Waals surface area contributed by atoms with Crippen molar-refractivity contribution in [3.8, 4) is 0 Å². The van der Waals surface area contributed by atoms with Gasteiger partial charge in [0.15, 0.2) is 0 Å². The van der Waals surface area contributed by atoms with Crippen LogP contribution in [0.25, 0.3) is 0 Å². The van der Waals surface area contributed by atoms with Crippen molar-refractivity contribution in [1.29, 1.82) is 0 Å². The minimum atomic E-state index is -0.413. The first-order valence-electron chi connectivity index (χ1n) is 7.79. The number of thioether (sulfide) groups is 1. The van der Waals surface area contributed by atoms with Gasteiger partial charge in [-0.05, 0) is 25.7 Å². The third-order valence-corrected chi connectivity index (χ3v) is 5.00. The van der Waals surface area contributed by atoms with Crippen molar-refractivity contribution in [3.63, 3.8) is 0 Å². The number of primary amides is 1. The summed E-state index contributed by atoms with van der Waals surface area (Å²) in [5, 5.41) is 0.704. The summed E-state index contributed by atoms with van der Waals surface area (Å²) in [6, 6.07) is 0. The normalized spacial score (nSPS) is 20.2. The maximum Gasteiger partial charge on any atom is 0.251 e. The molecule has 0 radical (unpaired) electrons. The molecule has 0 bridgehead atoms. The Bertz CT molecular complexity index is 627. The van der Waals surface area contributed by atoms with E-state index < -0.39 is 5.91 Å². The van der Waals surface area contributed by atoms with Crippen molar-refractivity contribution < 1.29 is 14.3 Å². The molecule has 2 N–H and O–H groups in total. The molecule has 2 aliphatic rings. The van der Waals surface area contributed by atoms with Crippen LogP contribution < -0.4 is 10.6 Å². The quantitative estimate of drug-likeness (QED) is 0.844. The number of nitrogens with two attached hydrogens (primary N) is 1. The SMILES string of the molecule is CSc1nc(N2CCOCC2)c2c(c1C(N)=O)CC(C)(C)OC2. The molecule has 3 rings (SSSR count). The van der Waals surface area contributed by atoms with E-state index in [9.17, 15) is 4.79 Å². The van der Waals surface area contributed by atoms with Crippen LogP contribution in [0, 0.1) is 0 Å². The first-order valence-corrected chi connectivity index (χ1v) is 9.01. The van der Waals surface area contributed by atoms with E-state index in [1.165, 1.54) is 11.8 Å². The van der Waals surface area contributed by atoms with E-state index in [1.807, 2.05) is 20.1 Å². The maximum atomic E-state index is 12.0. The molecule has 23 heavy (non-hydrogen) atoms. The number of hydrogen-bond acceptors (Lipinski definition) is 6. The Labute approximate surface area is 140 Å². The number of amides is 1. The summed E-state index contributed by atoms with van der Waals surface area (Å²) in [6.45, 7) is 7.50. The molecule has 1 amide bonds. The first kappa shape index (κ1) is 16.5. The van der Waals surface area contributed by atoms with Gasteiger partial charge in [0.05, 0.1) is 31.0 Å². The van der Waals surface area contributed by atoms with Gasteiger partial charge in [0, 0.05) is 25.1 Å². The van der Waals surface area contributed by atoms with Crippen LogP contribution in [-0.4, -0.2) is 49.1 Å². The number of carbonyl (C=O) groups excluding carboxylic acids is 1. The van der Waals surface area contributed by atoms with Crippen LogP contribution in [-0.2, 0) is 22.5 Å². The van der Waals surface area contributed by atoms with Gasteiger partial charge in [0.1, 0.15) is 10.8 Å². The summed E-state index contributed by atoms with van der Waals surface area (Å²) in [7, 11) is 0. The monoisotopic (exact) mass is 337 g/mol. The molecule has 2 aliphatic heterocycles. The van der Waals surface area contributed by atoms with E-state index in [4.69, 9.17) is 20.2 Å². The Morgan fingerprint density at radius 1 is 1.30 bits per heavy atom. The molecule has 3 heterocycles. The molecule has 1 aromatic heterocycles. The van der Waals surface area contributed by atoms with E-state index in [0.717, 1.165) is 30.0 Å². The highest BCUT2D eigenvalue weighted by molar-refractivity contribution is 7.98. The van der Waals surface area contributed by atoms with Crippen LogP contribution in [0.2, 0.25) is 0 Å². The fraction of sp³-hybridized carbons (Fsp3) is 0.625. The van der Waals surface area contributed by atoms with Crippen LogP contribution in [0.3, 0.4) is 0 Å². The van der Waals surface area contributed by atoms with Gasteiger partial charge in [-0.15, -0.1) is 11.8 Å². The number of anilines is 1. The number of hydrogen-bond donors (Lipinski definition) is 1. The summed E-state index contributed by atoms with van der Waals surface area (Å²) in [4.78, 5) is 19.0. The Balaban J connectivity index is 2.16. The number of aromatic nitrogens is 1. The third kappa shape index (κ3) is 3.18. The van der Waals surface area contributed by atoms with Gasteiger partial charge in [-0.2, -0.15) is 0 Å². The molecule has 1 aromatic rings. The molecule has 0 atom stereocenters. The predicted octanol–water partition coefficient (Wildman–Crippen LogP) is 1.59. The van der Waals surface area contributed by atoms with Crippen LogP contribution in [0.4, 0.5) is 5.82 Å². The Kier molecular flexibility index (Phi) is 4.53. The largest absolute Gasteiger partial charge is 0.378 e. The smallest absolute Gasteiger partial charge is 0.251 e. The molecule has 0 aromatic carbocycles. The van der Waals surface area contributed by atoms with Crippen molar-refractivity contribution in [1.82, 2.24) is 4.98 Å². The molecular formula is C16H23N3O3S. The molecule has 0 unspecified atom stereocenters. The van der Waals surface area contributed by atoms with Gasteiger partial charge < -0.3 is 20.1 Å². The molecule has 1 fully saturated rings. The van der Waals surface area contributed by atoms with Gasteiger partial charge >= 0.3 is 0 Å². The van der Waals surface area contributed by atoms with Crippen molar-refractivity contribution in [2.24, 2.45) is 5.73 Å². The number of nitrogens with zero attached hydrogens (tertiary/aromatic N) is 2. The Hall–Kier alpha value is -1.31. The second kappa shape index (κ2) is 6.30. The van der Waals surface area contributed by atoms with Gasteiger partial charge in [-0.25, -0.2) is 4.98 Å². The van der Waals surface area contributed by atoms with Crippen molar-refractivity contribution in [3.05, 3.63) is 16.7 Å². The number of carbonyl (C=O) groups is 1. The van der Waals surface area contributed by atoms with Gasteiger partial charge in [-0.3, -0.25) is 4.79 Å². The number of ether oxygens (including phenoxy) is 2. The highest BCUT2D eigenvalue weighted by Gasteiger charge is 2.34. The van der Waals surface area contributed by atoms with E-state index in [1.54, 1.807) is 0 Å². The second-order valence-electron chi connectivity index (χ2n) is 6.47. The zero-order valence-electron chi connectivity index (χ0n) is 13.8. The van der Waals surface area contributed by atoms with E-state index in [0.29, 0.717) is 36.8 Å². The number of pyridine rings is 1. The molecule has 7 heteroatoms. The molecule has 6 nitrogen and oxygen atoms in total. The van der Waals surface area contributed by atoms with Gasteiger partial charge in [-0.1, -0.05) is 0 Å². The van der Waals surface area contributed by atoms with Crippen molar-refractivity contribution in [2.75, 3.05) is 37.5 Å². The average Bonchev–Trinajstić information content (AvgIpc) is 2.52. The molecule has 0 aliphatic carbocycles. The van der Waals surface area contributed by atoms with Crippen LogP contribution >= 0.6 is 11.8 Å². The molecule has 126 valence electrons. The van der Waals surface area contributed by atoms with Crippen molar-refractivity contribution >= 4 is 23.5 Å². The van der Waals surface area contributed by atoms with Gasteiger partial charge in [0.2, 0.25) is 0 Å². The van der Waals surface area contributed by atoms with Crippen LogP contribution in [0.5, 0.6) is 0 Å². The number of morpholine rings is 1. The Morgan fingerprint density at radius 3 is 2.61 bits per heavy atom. The lowest BCUT2D eigenvalue weighted by Crippen LogP contribution is -2.40. The van der Waals surface area contributed by atoms with Crippen LogP contribution in [0.1, 0.15) is 35.3 Å². The van der Waals surface area contributed by atoms with E-state index >= 15 is 0 Å². The minimum absolute atomic E-state index is 0.309. The number of rotatable bonds is 3. The predicted molar refractivity (Wildman–Crippen MR) is 90.1 cm³/mol. The zero-order chi connectivity index (χ0) is 16.6. The second-order valence-corrected chi connectivity index (χ2v) is 7.26. The lowest BCUT2D eigenvalue weighted by Gasteiger charge is -2.37. The summed E-state index contributed by atoms with van der Waals surface area (Å²) in [5.41, 5.74) is 7.90. The lowest BCUT2D eigenvalue weighted by molar-refractivity contribution is -0.0403. The molecule has 1 saturated heterocycles. The fourth-order valence-corrected chi connectivity index (χ4v) is 3.77. The summed E-state index contributed by atoms with van der Waals surface area (Å²) in [6.07, 6.45) is 2.59. The number of fused-ring (bicyclic) bond motifs is 1. The highest BCUT2D eigenvalue weighted by atomic mass is 32.2. The maximum absolute atomic E-state index is 12.0. The van der Waals surface area contributed by atoms with E-state index in [2.05, 4.69) is 4.90 Å². The lowest BCUT2D eigenvalue weighted by atomic mass is 9.89. The highest BCUT2D eigenvalue weighted by Crippen LogP contribution is 2.38. The summed E-state index contributed by atoms with van der Waals surface area (Å²) >= 11 is 1.46. The van der Waals surface area contributed by atoms with E-state index in [-0.39, 0.29) is 5.60 Å². The van der Waals surface area contributed by atoms with Crippen molar-refractivity contribution in [2.45, 2.75) is 37.5 Å². The third-order valence-electron chi connectivity index (χ3n) is 4.32. The summed E-state index contributed by atoms with van der Waals surface area (Å²) < 4.78 is 11.4. The zero-order valence-corrected chi connectivity index (χ0v) is 14.7. The molecule has 0 spiro atoms. The molecule has 0 saturated carbocycles. The summed E-state index contributed by atoms with van der Waals surface area (Å²) in [5.74, 6) is 0.498. The van der Waals surface area contributed by atoms with Crippen LogP contribution in [0.15, 0.2) is 5.03 Å². The Morgan fingerprint density at radius 2 is 2.00 bits per heavy atom. The first-order chi connectivity index (χ1) is 10.9. The van der Waals surface area contributed by atoms with Gasteiger partial charge in [0.25, 0.3) is 5.91 Å².